The highest BCUT2D eigenvalue weighted by Crippen LogP contribution is 2.26. The molecule has 8 heteroatoms. The second-order valence-electron chi connectivity index (χ2n) is 7.89. The van der Waals surface area contributed by atoms with E-state index >= 15 is 0 Å². The predicted octanol–water partition coefficient (Wildman–Crippen LogP) is 2.86. The summed E-state index contributed by atoms with van der Waals surface area (Å²) < 4.78 is 2.67. The zero-order chi connectivity index (χ0) is 21.1. The minimum absolute atomic E-state index is 0.149. The smallest absolute Gasteiger partial charge is 0.350 e. The number of anilines is 2. The molecular formula is C22H28N6O2. The van der Waals surface area contributed by atoms with E-state index in [1.165, 1.54) is 28.3 Å². The number of aryl methyl sites for hydroxylation is 1. The molecule has 1 saturated carbocycles. The van der Waals surface area contributed by atoms with E-state index in [9.17, 15) is 9.59 Å². The molecular weight excluding hydrogens is 380 g/mol. The quantitative estimate of drug-likeness (QED) is 0.678. The van der Waals surface area contributed by atoms with Gasteiger partial charge in [-0.2, -0.15) is 0 Å². The van der Waals surface area contributed by atoms with Gasteiger partial charge >= 0.3 is 5.69 Å². The van der Waals surface area contributed by atoms with Crippen molar-refractivity contribution >= 4 is 23.1 Å². The van der Waals surface area contributed by atoms with Crippen LogP contribution in [0.25, 0.3) is 5.65 Å². The molecule has 1 fully saturated rings. The molecule has 2 aromatic heterocycles. The van der Waals surface area contributed by atoms with Crippen molar-refractivity contribution in [2.24, 2.45) is 0 Å². The Morgan fingerprint density at radius 2 is 2.07 bits per heavy atom. The second kappa shape index (κ2) is 8.69. The van der Waals surface area contributed by atoms with Crippen molar-refractivity contribution in [2.45, 2.75) is 58.0 Å². The summed E-state index contributed by atoms with van der Waals surface area (Å²) in [6.07, 6.45) is 10.0. The van der Waals surface area contributed by atoms with E-state index in [1.807, 2.05) is 31.3 Å². The van der Waals surface area contributed by atoms with Crippen LogP contribution >= 0.6 is 0 Å². The normalized spacial score (nSPS) is 14.7. The minimum Gasteiger partial charge on any atom is -0.354 e. The zero-order valence-corrected chi connectivity index (χ0v) is 17.5. The SMILES string of the molecule is CCc1cccc(NC(=O)Cn2nc3c(N(C)C4CCCCC4)nccn3c2=O)c1. The van der Waals surface area contributed by atoms with E-state index in [-0.39, 0.29) is 18.1 Å². The molecule has 1 amide bonds. The Labute approximate surface area is 175 Å². The van der Waals surface area contributed by atoms with Crippen LogP contribution in [0.5, 0.6) is 0 Å². The summed E-state index contributed by atoms with van der Waals surface area (Å²) in [5.74, 6) is 0.389. The first-order valence-electron chi connectivity index (χ1n) is 10.6. The maximum Gasteiger partial charge on any atom is 0.350 e. The van der Waals surface area contributed by atoms with Crippen LogP contribution in [0.1, 0.15) is 44.6 Å². The third-order valence-corrected chi connectivity index (χ3v) is 5.85. The third-order valence-electron chi connectivity index (χ3n) is 5.85. The molecule has 0 aliphatic heterocycles. The van der Waals surface area contributed by atoms with E-state index < -0.39 is 0 Å². The molecule has 158 valence electrons. The number of carbonyl (C=O) groups excluding carboxylic acids is 1. The molecule has 0 atom stereocenters. The first kappa shape index (κ1) is 20.1. The van der Waals surface area contributed by atoms with Crippen molar-refractivity contribution < 1.29 is 4.79 Å². The van der Waals surface area contributed by atoms with E-state index in [0.29, 0.717) is 17.5 Å². The van der Waals surface area contributed by atoms with Crippen LogP contribution in [0.2, 0.25) is 0 Å². The fourth-order valence-electron chi connectivity index (χ4n) is 4.13. The molecule has 0 radical (unpaired) electrons. The van der Waals surface area contributed by atoms with Crippen molar-refractivity contribution in [1.82, 2.24) is 19.2 Å². The standard InChI is InChI=1S/C22H28N6O2/c1-3-16-8-7-9-17(14-16)24-19(29)15-28-22(30)27-13-12-23-20(21(27)25-28)26(2)18-10-5-4-6-11-18/h7-9,12-14,18H,3-6,10-11,15H2,1-2H3,(H,24,29). The van der Waals surface area contributed by atoms with Gasteiger partial charge in [0.1, 0.15) is 6.54 Å². The highest BCUT2D eigenvalue weighted by atomic mass is 16.2. The van der Waals surface area contributed by atoms with Gasteiger partial charge in [0.25, 0.3) is 0 Å². The molecule has 0 saturated heterocycles. The Bertz CT molecular complexity index is 1100. The second-order valence-corrected chi connectivity index (χ2v) is 7.89. The number of nitrogens with zero attached hydrogens (tertiary/aromatic N) is 5. The minimum atomic E-state index is -0.344. The summed E-state index contributed by atoms with van der Waals surface area (Å²) in [6, 6.07) is 8.09. The zero-order valence-electron chi connectivity index (χ0n) is 17.5. The summed E-state index contributed by atoms with van der Waals surface area (Å²) in [4.78, 5) is 32.0. The van der Waals surface area contributed by atoms with Gasteiger partial charge in [0.15, 0.2) is 5.82 Å². The maximum absolute atomic E-state index is 12.8. The monoisotopic (exact) mass is 408 g/mol. The Kier molecular flexibility index (Phi) is 5.83. The lowest BCUT2D eigenvalue weighted by Crippen LogP contribution is -2.34. The molecule has 0 unspecified atom stereocenters. The first-order chi connectivity index (χ1) is 14.6. The fraction of sp³-hybridized carbons (Fsp3) is 0.455. The lowest BCUT2D eigenvalue weighted by atomic mass is 9.94. The molecule has 8 nitrogen and oxygen atoms in total. The van der Waals surface area contributed by atoms with Crippen LogP contribution in [-0.4, -0.2) is 38.2 Å². The van der Waals surface area contributed by atoms with E-state index in [4.69, 9.17) is 0 Å². The number of amides is 1. The Morgan fingerprint density at radius 3 is 2.83 bits per heavy atom. The van der Waals surface area contributed by atoms with Crippen LogP contribution < -0.4 is 15.9 Å². The number of rotatable bonds is 6. The Balaban J connectivity index is 1.57. The first-order valence-corrected chi connectivity index (χ1v) is 10.6. The van der Waals surface area contributed by atoms with Crippen LogP contribution in [0.3, 0.4) is 0 Å². The summed E-state index contributed by atoms with van der Waals surface area (Å²) in [5, 5.41) is 7.30. The number of hydrogen-bond acceptors (Lipinski definition) is 5. The van der Waals surface area contributed by atoms with Crippen LogP contribution in [-0.2, 0) is 17.8 Å². The van der Waals surface area contributed by atoms with E-state index in [1.54, 1.807) is 12.4 Å². The number of benzene rings is 1. The maximum atomic E-state index is 12.8. The molecule has 0 bridgehead atoms. The van der Waals surface area contributed by atoms with Gasteiger partial charge in [-0.05, 0) is 37.0 Å². The lowest BCUT2D eigenvalue weighted by molar-refractivity contribution is -0.117. The predicted molar refractivity (Wildman–Crippen MR) is 117 cm³/mol. The van der Waals surface area contributed by atoms with Gasteiger partial charge in [0.05, 0.1) is 0 Å². The number of hydrogen-bond donors (Lipinski definition) is 1. The summed E-state index contributed by atoms with van der Waals surface area (Å²) >= 11 is 0. The van der Waals surface area contributed by atoms with Crippen molar-refractivity contribution in [2.75, 3.05) is 17.3 Å². The van der Waals surface area contributed by atoms with Crippen molar-refractivity contribution in [3.63, 3.8) is 0 Å². The Hall–Kier alpha value is -3.16. The van der Waals surface area contributed by atoms with Crippen molar-refractivity contribution in [3.05, 3.63) is 52.7 Å². The summed E-state index contributed by atoms with van der Waals surface area (Å²) in [5.41, 5.74) is 1.99. The Morgan fingerprint density at radius 1 is 1.27 bits per heavy atom. The molecule has 1 aliphatic rings. The molecule has 1 N–H and O–H groups in total. The van der Waals surface area contributed by atoms with Crippen molar-refractivity contribution in [3.8, 4) is 0 Å². The molecule has 30 heavy (non-hydrogen) atoms. The van der Waals surface area contributed by atoms with Gasteiger partial charge in [0, 0.05) is 31.2 Å². The molecule has 1 aliphatic carbocycles. The largest absolute Gasteiger partial charge is 0.354 e. The number of nitrogens with one attached hydrogen (secondary N) is 1. The molecule has 4 rings (SSSR count). The van der Waals surface area contributed by atoms with Crippen LogP contribution in [0, 0.1) is 0 Å². The lowest BCUT2D eigenvalue weighted by Gasteiger charge is -2.31. The van der Waals surface area contributed by atoms with Crippen molar-refractivity contribution in [1.29, 1.82) is 0 Å². The highest BCUT2D eigenvalue weighted by Gasteiger charge is 2.23. The van der Waals surface area contributed by atoms with Gasteiger partial charge in [-0.25, -0.2) is 18.9 Å². The number of aromatic nitrogens is 4. The average molecular weight is 409 g/mol. The van der Waals surface area contributed by atoms with Crippen LogP contribution in [0.15, 0.2) is 41.5 Å². The van der Waals surface area contributed by atoms with Gasteiger partial charge in [-0.15, -0.1) is 5.10 Å². The van der Waals surface area contributed by atoms with E-state index in [2.05, 4.69) is 27.2 Å². The van der Waals surface area contributed by atoms with Crippen LogP contribution in [0.4, 0.5) is 11.5 Å². The van der Waals surface area contributed by atoms with Gasteiger partial charge in [-0.3, -0.25) is 4.79 Å². The van der Waals surface area contributed by atoms with Gasteiger partial charge < -0.3 is 10.2 Å². The van der Waals surface area contributed by atoms with E-state index in [0.717, 1.165) is 30.5 Å². The van der Waals surface area contributed by atoms with Gasteiger partial charge in [-0.1, -0.05) is 38.3 Å². The number of carbonyl (C=O) groups is 1. The average Bonchev–Trinajstić information content (AvgIpc) is 3.09. The molecule has 0 spiro atoms. The fourth-order valence-corrected chi connectivity index (χ4v) is 4.13. The van der Waals surface area contributed by atoms with Gasteiger partial charge in [0.2, 0.25) is 11.6 Å². The third kappa shape index (κ3) is 4.08. The summed E-state index contributed by atoms with van der Waals surface area (Å²) in [7, 11) is 2.01. The summed E-state index contributed by atoms with van der Waals surface area (Å²) in [6.45, 7) is 1.91. The highest BCUT2D eigenvalue weighted by molar-refractivity contribution is 5.90. The molecule has 1 aromatic carbocycles. The molecule has 3 aromatic rings. The topological polar surface area (TPSA) is 84.5 Å². The number of fused-ring (bicyclic) bond motifs is 1. The molecule has 2 heterocycles.